The highest BCUT2D eigenvalue weighted by molar-refractivity contribution is 6.30. The van der Waals surface area contributed by atoms with Crippen molar-refractivity contribution >= 4 is 28.9 Å². The SMILES string of the molecule is NC(=NCc1cccc([N+](=O)[O-])c1)N1CCN(c2ccc(Cl)cc2)CC1. The number of hydrogen-bond donors (Lipinski definition) is 1. The topological polar surface area (TPSA) is 88.0 Å². The van der Waals surface area contributed by atoms with Crippen LogP contribution in [0, 0.1) is 10.1 Å². The number of aliphatic imine (C=N–C) groups is 1. The van der Waals surface area contributed by atoms with Crippen molar-refractivity contribution in [1.29, 1.82) is 0 Å². The molecule has 2 aromatic rings. The molecule has 26 heavy (non-hydrogen) atoms. The molecule has 0 radical (unpaired) electrons. The fourth-order valence-corrected chi connectivity index (χ4v) is 3.01. The minimum atomic E-state index is -0.410. The van der Waals surface area contributed by atoms with Crippen molar-refractivity contribution in [3.05, 3.63) is 69.2 Å². The number of nitro benzene ring substituents is 1. The van der Waals surface area contributed by atoms with E-state index in [1.807, 2.05) is 35.2 Å². The zero-order chi connectivity index (χ0) is 18.5. The Morgan fingerprint density at radius 1 is 1.15 bits per heavy atom. The second-order valence-electron chi connectivity index (χ2n) is 6.05. The molecule has 1 saturated heterocycles. The molecule has 1 fully saturated rings. The van der Waals surface area contributed by atoms with Gasteiger partial charge in [0.25, 0.3) is 5.69 Å². The van der Waals surface area contributed by atoms with Crippen LogP contribution in [0.5, 0.6) is 0 Å². The Hall–Kier alpha value is -2.80. The Kier molecular flexibility index (Phi) is 5.58. The molecule has 1 aliphatic rings. The van der Waals surface area contributed by atoms with Crippen LogP contribution in [0.15, 0.2) is 53.5 Å². The Balaban J connectivity index is 1.57. The third kappa shape index (κ3) is 4.43. The molecular weight excluding hydrogens is 354 g/mol. The lowest BCUT2D eigenvalue weighted by atomic mass is 10.2. The number of hydrogen-bond acceptors (Lipinski definition) is 4. The quantitative estimate of drug-likeness (QED) is 0.385. The van der Waals surface area contributed by atoms with Crippen LogP contribution in [-0.4, -0.2) is 42.0 Å². The van der Waals surface area contributed by atoms with Crippen LogP contribution in [0.2, 0.25) is 5.02 Å². The maximum absolute atomic E-state index is 10.8. The molecule has 0 bridgehead atoms. The summed E-state index contributed by atoms with van der Waals surface area (Å²) in [5.74, 6) is 0.465. The van der Waals surface area contributed by atoms with Crippen molar-refractivity contribution in [2.24, 2.45) is 10.7 Å². The van der Waals surface area contributed by atoms with Crippen LogP contribution in [0.25, 0.3) is 0 Å². The summed E-state index contributed by atoms with van der Waals surface area (Å²) in [6, 6.07) is 14.2. The van der Waals surface area contributed by atoms with Crippen LogP contribution in [0.3, 0.4) is 0 Å². The first-order valence-electron chi connectivity index (χ1n) is 8.31. The number of nitrogens with zero attached hydrogens (tertiary/aromatic N) is 4. The molecule has 7 nitrogen and oxygen atoms in total. The van der Waals surface area contributed by atoms with Crippen LogP contribution < -0.4 is 10.6 Å². The van der Waals surface area contributed by atoms with Crippen molar-refractivity contribution in [2.75, 3.05) is 31.1 Å². The second-order valence-corrected chi connectivity index (χ2v) is 6.49. The van der Waals surface area contributed by atoms with E-state index in [2.05, 4.69) is 9.89 Å². The van der Waals surface area contributed by atoms with Crippen LogP contribution >= 0.6 is 11.6 Å². The molecule has 1 aliphatic heterocycles. The number of rotatable bonds is 4. The molecule has 1 heterocycles. The average Bonchev–Trinajstić information content (AvgIpc) is 2.67. The van der Waals surface area contributed by atoms with E-state index >= 15 is 0 Å². The number of anilines is 1. The monoisotopic (exact) mass is 373 g/mol. The van der Waals surface area contributed by atoms with Gasteiger partial charge in [-0.2, -0.15) is 0 Å². The summed E-state index contributed by atoms with van der Waals surface area (Å²) < 4.78 is 0. The van der Waals surface area contributed by atoms with Crippen LogP contribution in [0.1, 0.15) is 5.56 Å². The minimum absolute atomic E-state index is 0.0628. The van der Waals surface area contributed by atoms with Gasteiger partial charge in [0.05, 0.1) is 11.5 Å². The number of halogens is 1. The molecule has 0 atom stereocenters. The Morgan fingerprint density at radius 3 is 2.50 bits per heavy atom. The van der Waals surface area contributed by atoms with Gasteiger partial charge in [0, 0.05) is 49.0 Å². The third-order valence-electron chi connectivity index (χ3n) is 4.34. The molecule has 8 heteroatoms. The lowest BCUT2D eigenvalue weighted by Gasteiger charge is -2.36. The first-order chi connectivity index (χ1) is 12.5. The Bertz CT molecular complexity index is 801. The van der Waals surface area contributed by atoms with Gasteiger partial charge in [0.2, 0.25) is 0 Å². The summed E-state index contributed by atoms with van der Waals surface area (Å²) in [6.45, 7) is 3.55. The molecule has 136 valence electrons. The largest absolute Gasteiger partial charge is 0.370 e. The van der Waals surface area contributed by atoms with E-state index in [1.54, 1.807) is 6.07 Å². The van der Waals surface area contributed by atoms with Crippen molar-refractivity contribution in [1.82, 2.24) is 4.90 Å². The predicted molar refractivity (Wildman–Crippen MR) is 104 cm³/mol. The summed E-state index contributed by atoms with van der Waals surface area (Å²) in [7, 11) is 0. The summed E-state index contributed by atoms with van der Waals surface area (Å²) in [5, 5.41) is 11.6. The first-order valence-corrected chi connectivity index (χ1v) is 8.69. The highest BCUT2D eigenvalue weighted by Crippen LogP contribution is 2.19. The normalized spacial score (nSPS) is 15.2. The van der Waals surface area contributed by atoms with E-state index in [9.17, 15) is 10.1 Å². The van der Waals surface area contributed by atoms with E-state index < -0.39 is 4.92 Å². The van der Waals surface area contributed by atoms with E-state index in [4.69, 9.17) is 17.3 Å². The van der Waals surface area contributed by atoms with E-state index in [0.29, 0.717) is 12.5 Å². The summed E-state index contributed by atoms with van der Waals surface area (Å²) in [4.78, 5) is 19.1. The highest BCUT2D eigenvalue weighted by Gasteiger charge is 2.18. The van der Waals surface area contributed by atoms with Gasteiger partial charge in [-0.05, 0) is 29.8 Å². The molecular formula is C18H20ClN5O2. The molecule has 3 rings (SSSR count). The fourth-order valence-electron chi connectivity index (χ4n) is 2.89. The van der Waals surface area contributed by atoms with Gasteiger partial charge < -0.3 is 15.5 Å². The van der Waals surface area contributed by atoms with Crippen LogP contribution in [0.4, 0.5) is 11.4 Å². The number of nitro groups is 1. The van der Waals surface area contributed by atoms with Gasteiger partial charge in [-0.15, -0.1) is 0 Å². The van der Waals surface area contributed by atoms with E-state index in [1.165, 1.54) is 12.1 Å². The molecule has 0 aromatic heterocycles. The smallest absolute Gasteiger partial charge is 0.269 e. The molecule has 0 saturated carbocycles. The zero-order valence-corrected chi connectivity index (χ0v) is 15.0. The zero-order valence-electron chi connectivity index (χ0n) is 14.2. The van der Waals surface area contributed by atoms with Gasteiger partial charge in [-0.3, -0.25) is 10.1 Å². The van der Waals surface area contributed by atoms with Crippen molar-refractivity contribution in [3.63, 3.8) is 0 Å². The maximum Gasteiger partial charge on any atom is 0.269 e. The van der Waals surface area contributed by atoms with Crippen molar-refractivity contribution in [2.45, 2.75) is 6.54 Å². The van der Waals surface area contributed by atoms with E-state index in [0.717, 1.165) is 42.5 Å². The third-order valence-corrected chi connectivity index (χ3v) is 4.59. The van der Waals surface area contributed by atoms with Gasteiger partial charge in [-0.1, -0.05) is 23.7 Å². The van der Waals surface area contributed by atoms with Gasteiger partial charge in [0.1, 0.15) is 0 Å². The number of nitrogens with two attached hydrogens (primary N) is 1. The molecule has 0 unspecified atom stereocenters. The number of guanidine groups is 1. The Morgan fingerprint density at radius 2 is 1.85 bits per heavy atom. The van der Waals surface area contributed by atoms with Gasteiger partial charge in [-0.25, -0.2) is 4.99 Å². The molecule has 0 amide bonds. The molecule has 2 aromatic carbocycles. The van der Waals surface area contributed by atoms with Crippen molar-refractivity contribution < 1.29 is 4.92 Å². The lowest BCUT2D eigenvalue weighted by molar-refractivity contribution is -0.384. The maximum atomic E-state index is 10.8. The predicted octanol–water partition coefficient (Wildman–Crippen LogP) is 2.89. The number of piperazine rings is 1. The average molecular weight is 374 g/mol. The molecule has 2 N–H and O–H groups in total. The lowest BCUT2D eigenvalue weighted by Crippen LogP contribution is -2.51. The van der Waals surface area contributed by atoms with E-state index in [-0.39, 0.29) is 5.69 Å². The van der Waals surface area contributed by atoms with Crippen LogP contribution in [-0.2, 0) is 6.54 Å². The fraction of sp³-hybridized carbons (Fsp3) is 0.278. The van der Waals surface area contributed by atoms with Gasteiger partial charge in [0.15, 0.2) is 5.96 Å². The van der Waals surface area contributed by atoms with Gasteiger partial charge >= 0.3 is 0 Å². The highest BCUT2D eigenvalue weighted by atomic mass is 35.5. The summed E-state index contributed by atoms with van der Waals surface area (Å²) in [5.41, 5.74) is 8.07. The summed E-state index contributed by atoms with van der Waals surface area (Å²) >= 11 is 5.93. The Labute approximate surface area is 156 Å². The first kappa shape index (κ1) is 18.0. The number of non-ortho nitro benzene ring substituents is 1. The molecule has 0 aliphatic carbocycles. The molecule has 0 spiro atoms. The number of benzene rings is 2. The minimum Gasteiger partial charge on any atom is -0.370 e. The second kappa shape index (κ2) is 8.05. The summed E-state index contributed by atoms with van der Waals surface area (Å²) in [6.07, 6.45) is 0. The van der Waals surface area contributed by atoms with Crippen molar-refractivity contribution in [3.8, 4) is 0 Å². The standard InChI is InChI=1S/C18H20ClN5O2/c19-15-4-6-16(7-5-15)22-8-10-23(11-9-22)18(20)21-13-14-2-1-3-17(12-14)24(25)26/h1-7,12H,8-11,13H2,(H2,20,21).